The average molecular weight is 1110 g/mol. The molecule has 1 fully saturated rings. The number of esters is 1. The molecule has 79 heavy (non-hydrogen) atoms. The first-order valence-corrected chi connectivity index (χ1v) is 32.7. The van der Waals surface area contributed by atoms with Crippen molar-refractivity contribution in [2.24, 2.45) is 0 Å². The van der Waals surface area contributed by atoms with Gasteiger partial charge in [-0.2, -0.15) is 0 Å². The van der Waals surface area contributed by atoms with Gasteiger partial charge >= 0.3 is 5.97 Å². The van der Waals surface area contributed by atoms with Gasteiger partial charge in [0.25, 0.3) is 0 Å². The van der Waals surface area contributed by atoms with Crippen LogP contribution in [0.5, 0.6) is 0 Å². The van der Waals surface area contributed by atoms with Gasteiger partial charge < -0.3 is 45.1 Å². The van der Waals surface area contributed by atoms with Crippen LogP contribution in [0.1, 0.15) is 284 Å². The van der Waals surface area contributed by atoms with E-state index in [0.29, 0.717) is 12.8 Å². The number of amides is 1. The number of aliphatic hydroxyl groups excluding tert-OH is 5. The molecule has 1 aliphatic heterocycles. The minimum absolute atomic E-state index is 0.125. The molecule has 0 aromatic rings. The third-order valence-electron chi connectivity index (χ3n) is 15.1. The van der Waals surface area contributed by atoms with Gasteiger partial charge in [0, 0.05) is 6.42 Å². The molecule has 1 saturated heterocycles. The Kier molecular flexibility index (Phi) is 52.2. The molecule has 11 heteroatoms. The van der Waals surface area contributed by atoms with E-state index >= 15 is 0 Å². The van der Waals surface area contributed by atoms with E-state index in [1.165, 1.54) is 141 Å². The second kappa shape index (κ2) is 55.6. The highest BCUT2D eigenvalue weighted by Crippen LogP contribution is 2.26. The maximum absolute atomic E-state index is 13.4. The van der Waals surface area contributed by atoms with Gasteiger partial charge in [-0.1, -0.05) is 280 Å². The highest BCUT2D eigenvalue weighted by Gasteiger charge is 2.47. The number of carbonyl (C=O) groups is 2. The van der Waals surface area contributed by atoms with Crippen molar-refractivity contribution in [2.45, 2.75) is 333 Å². The van der Waals surface area contributed by atoms with Crippen LogP contribution in [0.4, 0.5) is 0 Å². The van der Waals surface area contributed by atoms with Crippen molar-refractivity contribution in [3.05, 3.63) is 72.9 Å². The fourth-order valence-corrected chi connectivity index (χ4v) is 9.97. The summed E-state index contributed by atoms with van der Waals surface area (Å²) >= 11 is 0. The van der Waals surface area contributed by atoms with Gasteiger partial charge in [-0.3, -0.25) is 9.59 Å². The largest absolute Gasteiger partial charge is 0.454 e. The number of nitrogens with one attached hydrogen (secondary N) is 1. The molecule has 0 bridgehead atoms. The SMILES string of the molecule is CC/C=C\C/C=C\C/C=C\C/C=C\C/C=C\CCCCCCCCCCC(O)C(=O)NC(COC1OC(CO)C(O)C(O)C1OC(=O)CCCCCCCCCCCCCCCCC)C(O)/C=C/CCCCCCCCCCC. The number of hydrogen-bond acceptors (Lipinski definition) is 10. The summed E-state index contributed by atoms with van der Waals surface area (Å²) in [6, 6.07) is -1.03. The maximum atomic E-state index is 13.4. The summed E-state index contributed by atoms with van der Waals surface area (Å²) in [5.41, 5.74) is 0. The number of unbranched alkanes of at least 4 members (excludes halogenated alkanes) is 31. The number of hydrogen-bond donors (Lipinski definition) is 6. The van der Waals surface area contributed by atoms with Crippen molar-refractivity contribution in [1.82, 2.24) is 5.32 Å². The summed E-state index contributed by atoms with van der Waals surface area (Å²) in [5, 5.41) is 57.0. The Hall–Kier alpha value is -2.90. The van der Waals surface area contributed by atoms with Crippen molar-refractivity contribution in [3.63, 3.8) is 0 Å². The van der Waals surface area contributed by atoms with Crippen LogP contribution in [0, 0.1) is 0 Å². The molecule has 6 N–H and O–H groups in total. The molecule has 8 unspecified atom stereocenters. The molecule has 0 aromatic carbocycles. The Labute approximate surface area is 483 Å². The van der Waals surface area contributed by atoms with Crippen molar-refractivity contribution < 1.29 is 49.3 Å². The topological polar surface area (TPSA) is 175 Å². The number of allylic oxidation sites excluding steroid dienone is 11. The Balaban J connectivity index is 2.61. The molecule has 458 valence electrons. The van der Waals surface area contributed by atoms with E-state index < -0.39 is 67.4 Å². The molecule has 1 aliphatic rings. The fraction of sp³-hybridized carbons (Fsp3) is 0.794. The third-order valence-corrected chi connectivity index (χ3v) is 15.1. The Morgan fingerprint density at radius 2 is 0.911 bits per heavy atom. The summed E-state index contributed by atoms with van der Waals surface area (Å²) < 4.78 is 17.6. The predicted molar refractivity (Wildman–Crippen MR) is 329 cm³/mol. The second-order valence-electron chi connectivity index (χ2n) is 22.5. The quantitative estimate of drug-likeness (QED) is 0.0195. The maximum Gasteiger partial charge on any atom is 0.306 e. The van der Waals surface area contributed by atoms with E-state index in [9.17, 15) is 35.1 Å². The average Bonchev–Trinajstić information content (AvgIpc) is 3.44. The highest BCUT2D eigenvalue weighted by molar-refractivity contribution is 5.80. The lowest BCUT2D eigenvalue weighted by Gasteiger charge is -2.41. The summed E-state index contributed by atoms with van der Waals surface area (Å²) in [5.74, 6) is -1.20. The molecule has 0 spiro atoms. The predicted octanol–water partition coefficient (Wildman–Crippen LogP) is 16.0. The minimum atomic E-state index is -1.61. The zero-order valence-electron chi connectivity index (χ0n) is 50.7. The summed E-state index contributed by atoms with van der Waals surface area (Å²) in [6.45, 7) is 5.68. The van der Waals surface area contributed by atoms with Crippen LogP contribution in [-0.4, -0.2) is 99.6 Å². The lowest BCUT2D eigenvalue weighted by molar-refractivity contribution is -0.305. The molecule has 0 aliphatic carbocycles. The van der Waals surface area contributed by atoms with E-state index in [0.717, 1.165) is 96.3 Å². The summed E-state index contributed by atoms with van der Waals surface area (Å²) in [7, 11) is 0. The van der Waals surface area contributed by atoms with Crippen molar-refractivity contribution in [1.29, 1.82) is 0 Å². The smallest absolute Gasteiger partial charge is 0.306 e. The van der Waals surface area contributed by atoms with Gasteiger partial charge in [0.2, 0.25) is 5.91 Å². The minimum Gasteiger partial charge on any atom is -0.454 e. The zero-order chi connectivity index (χ0) is 57.5. The number of rotatable bonds is 55. The third kappa shape index (κ3) is 43.5. The zero-order valence-corrected chi connectivity index (χ0v) is 50.7. The lowest BCUT2D eigenvalue weighted by Crippen LogP contribution is -2.61. The van der Waals surface area contributed by atoms with Crippen LogP contribution in [-0.2, 0) is 23.8 Å². The fourth-order valence-electron chi connectivity index (χ4n) is 9.97. The number of ether oxygens (including phenoxy) is 3. The lowest BCUT2D eigenvalue weighted by atomic mass is 9.99. The first-order valence-electron chi connectivity index (χ1n) is 32.7. The van der Waals surface area contributed by atoms with E-state index in [4.69, 9.17) is 14.2 Å². The van der Waals surface area contributed by atoms with Gasteiger partial charge in [-0.05, 0) is 70.6 Å². The van der Waals surface area contributed by atoms with E-state index in [1.807, 2.05) is 6.08 Å². The normalized spacial score (nSPS) is 19.3. The van der Waals surface area contributed by atoms with Gasteiger partial charge in [-0.15, -0.1) is 0 Å². The molecular weight excluding hydrogens is 991 g/mol. The molecule has 1 heterocycles. The van der Waals surface area contributed by atoms with Crippen molar-refractivity contribution >= 4 is 11.9 Å². The van der Waals surface area contributed by atoms with Gasteiger partial charge in [0.1, 0.15) is 24.4 Å². The second-order valence-corrected chi connectivity index (χ2v) is 22.5. The van der Waals surface area contributed by atoms with Crippen LogP contribution < -0.4 is 5.32 Å². The summed E-state index contributed by atoms with van der Waals surface area (Å²) in [6.07, 6.45) is 60.8. The molecule has 0 saturated carbocycles. The Bertz CT molecular complexity index is 1560. The first kappa shape index (κ1) is 74.1. The Morgan fingerprint density at radius 1 is 0.506 bits per heavy atom. The molecule has 0 aromatic heterocycles. The van der Waals surface area contributed by atoms with E-state index in [1.54, 1.807) is 6.08 Å². The van der Waals surface area contributed by atoms with Crippen molar-refractivity contribution in [3.8, 4) is 0 Å². The molecule has 8 atom stereocenters. The van der Waals surface area contributed by atoms with Gasteiger partial charge in [0.15, 0.2) is 12.4 Å². The molecule has 0 radical (unpaired) electrons. The molecule has 1 rings (SSSR count). The summed E-state index contributed by atoms with van der Waals surface area (Å²) in [4.78, 5) is 26.6. The van der Waals surface area contributed by atoms with Gasteiger partial charge in [0.05, 0.1) is 25.4 Å². The van der Waals surface area contributed by atoms with Crippen LogP contribution >= 0.6 is 0 Å². The molecule has 1 amide bonds. The monoisotopic (exact) mass is 1110 g/mol. The van der Waals surface area contributed by atoms with Crippen LogP contribution in [0.3, 0.4) is 0 Å². The first-order chi connectivity index (χ1) is 38.7. The van der Waals surface area contributed by atoms with Crippen LogP contribution in [0.2, 0.25) is 0 Å². The molecule has 11 nitrogen and oxygen atoms in total. The van der Waals surface area contributed by atoms with Crippen molar-refractivity contribution in [2.75, 3.05) is 13.2 Å². The molecular formula is C68H121NO10. The van der Waals surface area contributed by atoms with E-state index in [2.05, 4.69) is 86.8 Å². The number of aliphatic hydroxyl groups is 5. The van der Waals surface area contributed by atoms with Crippen LogP contribution in [0.15, 0.2) is 72.9 Å². The van der Waals surface area contributed by atoms with Gasteiger partial charge in [-0.25, -0.2) is 0 Å². The Morgan fingerprint density at radius 3 is 1.37 bits per heavy atom. The van der Waals surface area contributed by atoms with E-state index in [-0.39, 0.29) is 19.4 Å². The number of carbonyl (C=O) groups excluding carboxylic acids is 2. The van der Waals surface area contributed by atoms with Crippen LogP contribution in [0.25, 0.3) is 0 Å². The standard InChI is InChI=1S/C68H121NO10/c1-4-7-10-13-16-19-22-24-26-27-28-29-30-31-32-33-34-36-37-40-43-46-49-52-55-61(72)67(76)69-59(60(71)54-51-48-45-42-39-21-18-15-12-9-6-3)58-77-68-66(65(75)64(74)62(57-70)78-68)79-63(73)56-53-50-47-44-41-38-35-25-23-20-17-14-11-8-5-2/h7,10,16,19,24,26,28-29,31-32,51,54,59-62,64-66,68,70-72,74-75H,4-6,8-9,11-15,17-18,20-23,25,27,30,33-50,52-53,55-58H2,1-3H3,(H,69,76)/b10-7-,19-16-,26-24-,29-28-,32-31-,54-51+. The highest BCUT2D eigenvalue weighted by atomic mass is 16.7.